The number of hydrogen-bond acceptors (Lipinski definition) is 2. The normalized spacial score (nSPS) is 19.9. The Morgan fingerprint density at radius 1 is 1.47 bits per heavy atom. The van der Waals surface area contributed by atoms with Crippen LogP contribution in [0.15, 0.2) is 30.6 Å². The molecular weight excluding hydrogens is 230 g/mol. The lowest BCUT2D eigenvalue weighted by atomic mass is 9.94. The van der Waals surface area contributed by atoms with Crippen molar-refractivity contribution in [3.05, 3.63) is 35.4 Å². The largest absolute Gasteiger partial charge is 0.329 e. The Balaban J connectivity index is 1.96. The van der Waals surface area contributed by atoms with Gasteiger partial charge in [0.25, 0.3) is 0 Å². The van der Waals surface area contributed by atoms with Gasteiger partial charge in [-0.15, -0.1) is 0 Å². The Morgan fingerprint density at radius 2 is 2.41 bits per heavy atom. The predicted molar refractivity (Wildman–Crippen MR) is 71.4 cm³/mol. The van der Waals surface area contributed by atoms with Gasteiger partial charge >= 0.3 is 0 Å². The van der Waals surface area contributed by atoms with Gasteiger partial charge in [-0.25, -0.2) is 0 Å². The van der Waals surface area contributed by atoms with E-state index in [4.69, 9.17) is 12.2 Å². The molecule has 3 rings (SSSR count). The van der Waals surface area contributed by atoms with Crippen molar-refractivity contribution in [1.29, 1.82) is 0 Å². The number of nitrogens with zero attached hydrogens (tertiary/aromatic N) is 2. The second-order valence-corrected chi connectivity index (χ2v) is 4.97. The topological polar surface area (TPSA) is 33.6 Å². The van der Waals surface area contributed by atoms with E-state index in [1.54, 1.807) is 0 Å². The van der Waals surface area contributed by atoms with Gasteiger partial charge in [-0.2, -0.15) is 0 Å². The van der Waals surface area contributed by atoms with Gasteiger partial charge in [0.15, 0.2) is 4.77 Å². The van der Waals surface area contributed by atoms with Crippen LogP contribution in [0.25, 0.3) is 11.0 Å². The van der Waals surface area contributed by atoms with Gasteiger partial charge in [-0.1, -0.05) is 12.2 Å². The van der Waals surface area contributed by atoms with Crippen LogP contribution in [0.5, 0.6) is 0 Å². The van der Waals surface area contributed by atoms with E-state index in [2.05, 4.69) is 26.7 Å². The maximum absolute atomic E-state index is 5.38. The van der Waals surface area contributed by atoms with Crippen molar-refractivity contribution < 1.29 is 0 Å². The van der Waals surface area contributed by atoms with Gasteiger partial charge in [0.05, 0.1) is 17.2 Å². The van der Waals surface area contributed by atoms with Crippen LogP contribution >= 0.6 is 12.2 Å². The first-order valence-corrected chi connectivity index (χ1v) is 6.43. The Morgan fingerprint density at radius 3 is 3.24 bits per heavy atom. The molecule has 0 amide bonds. The van der Waals surface area contributed by atoms with Crippen molar-refractivity contribution in [3.8, 4) is 0 Å². The van der Waals surface area contributed by atoms with Gasteiger partial charge in [-0.05, 0) is 43.5 Å². The van der Waals surface area contributed by atoms with E-state index in [1.165, 1.54) is 24.8 Å². The van der Waals surface area contributed by atoms with Crippen LogP contribution in [-0.2, 0) is 6.54 Å². The maximum Gasteiger partial charge on any atom is 0.178 e. The molecule has 1 aliphatic carbocycles. The second-order valence-electron chi connectivity index (χ2n) is 4.58. The number of allylic oxidation sites excluding steroid dienone is 2. The number of aromatic nitrogens is 3. The molecule has 4 heteroatoms. The number of fused-ring (bicyclic) bond motifs is 1. The fourth-order valence-corrected chi connectivity index (χ4v) is 2.76. The molecule has 3 nitrogen and oxygen atoms in total. The van der Waals surface area contributed by atoms with Crippen molar-refractivity contribution >= 4 is 23.3 Å². The van der Waals surface area contributed by atoms with E-state index < -0.39 is 0 Å². The smallest absolute Gasteiger partial charge is 0.178 e. The molecule has 0 saturated carbocycles. The lowest BCUT2D eigenvalue weighted by molar-refractivity contribution is 0.413. The predicted octanol–water partition coefficient (Wildman–Crippen LogP) is 3.45. The van der Waals surface area contributed by atoms with Crippen LogP contribution < -0.4 is 0 Å². The van der Waals surface area contributed by atoms with E-state index in [9.17, 15) is 0 Å². The highest BCUT2D eigenvalue weighted by Crippen LogP contribution is 2.22. The van der Waals surface area contributed by atoms with Crippen LogP contribution in [0.3, 0.4) is 0 Å². The average molecular weight is 245 g/mol. The summed E-state index contributed by atoms with van der Waals surface area (Å²) in [5.41, 5.74) is 2.20. The molecule has 0 aromatic carbocycles. The molecule has 1 unspecified atom stereocenters. The third-order valence-corrected chi connectivity index (χ3v) is 3.72. The van der Waals surface area contributed by atoms with Crippen molar-refractivity contribution in [2.75, 3.05) is 0 Å². The van der Waals surface area contributed by atoms with Crippen molar-refractivity contribution in [3.63, 3.8) is 0 Å². The Bertz CT molecular complexity index is 608. The van der Waals surface area contributed by atoms with Crippen molar-refractivity contribution in [2.45, 2.75) is 25.8 Å². The zero-order chi connectivity index (χ0) is 11.7. The number of hydrogen-bond donors (Lipinski definition) is 1. The number of nitrogens with one attached hydrogen (secondary N) is 1. The zero-order valence-electron chi connectivity index (χ0n) is 9.60. The minimum atomic E-state index is 0.707. The number of rotatable bonds is 2. The summed E-state index contributed by atoms with van der Waals surface area (Å²) in [5.74, 6) is 0.707. The summed E-state index contributed by atoms with van der Waals surface area (Å²) < 4.78 is 3.01. The van der Waals surface area contributed by atoms with Crippen LogP contribution in [0.4, 0.5) is 0 Å². The maximum atomic E-state index is 5.38. The highest BCUT2D eigenvalue weighted by Gasteiger charge is 2.13. The molecule has 88 valence electrons. The van der Waals surface area contributed by atoms with Gasteiger partial charge in [0.2, 0.25) is 0 Å². The summed E-state index contributed by atoms with van der Waals surface area (Å²) in [7, 11) is 0. The first-order valence-electron chi connectivity index (χ1n) is 6.02. The van der Waals surface area contributed by atoms with Crippen molar-refractivity contribution in [2.24, 2.45) is 5.92 Å². The van der Waals surface area contributed by atoms with Crippen LogP contribution in [0, 0.1) is 10.7 Å². The molecule has 0 fully saturated rings. The standard InChI is InChI=1S/C13H15N3S/c17-13-15-11-8-14-7-6-12(11)16(13)9-10-4-2-1-3-5-10/h1-2,6-8,10H,3-5,9H2,(H,15,17). The minimum Gasteiger partial charge on any atom is -0.329 e. The number of H-pyrrole nitrogens is 1. The molecule has 2 aromatic rings. The third kappa shape index (κ3) is 2.05. The van der Waals surface area contributed by atoms with Crippen molar-refractivity contribution in [1.82, 2.24) is 14.5 Å². The molecule has 0 aliphatic heterocycles. The fraction of sp³-hybridized carbons (Fsp3) is 0.385. The summed E-state index contributed by atoms with van der Waals surface area (Å²) in [6, 6.07) is 2.03. The molecule has 0 radical (unpaired) electrons. The number of aromatic amines is 1. The van der Waals surface area contributed by atoms with E-state index in [-0.39, 0.29) is 0 Å². The molecule has 0 saturated heterocycles. The van der Waals surface area contributed by atoms with E-state index >= 15 is 0 Å². The number of pyridine rings is 1. The summed E-state index contributed by atoms with van der Waals surface area (Å²) in [5, 5.41) is 0. The first kappa shape index (κ1) is 10.7. The third-order valence-electron chi connectivity index (χ3n) is 3.39. The lowest BCUT2D eigenvalue weighted by Gasteiger charge is -2.18. The Hall–Kier alpha value is -1.42. The summed E-state index contributed by atoms with van der Waals surface area (Å²) in [4.78, 5) is 7.33. The molecule has 1 aliphatic rings. The SMILES string of the molecule is S=c1[nH]c2cnccc2n1CC1CC=CCC1. The minimum absolute atomic E-state index is 0.707. The van der Waals surface area contributed by atoms with E-state index in [0.717, 1.165) is 16.8 Å². The Labute approximate surface area is 105 Å². The Kier molecular flexibility index (Phi) is 2.81. The molecule has 0 spiro atoms. The van der Waals surface area contributed by atoms with Crippen LogP contribution in [0.1, 0.15) is 19.3 Å². The quantitative estimate of drug-likeness (QED) is 0.649. The van der Waals surface area contributed by atoms with Crippen LogP contribution in [0.2, 0.25) is 0 Å². The monoisotopic (exact) mass is 245 g/mol. The first-order chi connectivity index (χ1) is 8.34. The molecule has 1 N–H and O–H groups in total. The highest BCUT2D eigenvalue weighted by atomic mass is 32.1. The molecule has 2 aromatic heterocycles. The summed E-state index contributed by atoms with van der Waals surface area (Å²) in [6.07, 6.45) is 11.8. The van der Waals surface area contributed by atoms with Crippen LogP contribution in [-0.4, -0.2) is 14.5 Å². The average Bonchev–Trinajstić information content (AvgIpc) is 2.68. The molecular formula is C13H15N3S. The van der Waals surface area contributed by atoms with Gasteiger partial charge < -0.3 is 9.55 Å². The van der Waals surface area contributed by atoms with E-state index in [0.29, 0.717) is 5.92 Å². The molecule has 0 bridgehead atoms. The lowest BCUT2D eigenvalue weighted by Crippen LogP contribution is -2.12. The molecule has 1 atom stereocenters. The van der Waals surface area contributed by atoms with E-state index in [1.807, 2.05) is 18.5 Å². The second kappa shape index (κ2) is 4.45. The highest BCUT2D eigenvalue weighted by molar-refractivity contribution is 7.71. The zero-order valence-corrected chi connectivity index (χ0v) is 10.4. The summed E-state index contributed by atoms with van der Waals surface area (Å²) >= 11 is 5.38. The molecule has 2 heterocycles. The van der Waals surface area contributed by atoms with Gasteiger partial charge in [0.1, 0.15) is 0 Å². The fourth-order valence-electron chi connectivity index (χ4n) is 2.47. The summed E-state index contributed by atoms with van der Waals surface area (Å²) in [6.45, 7) is 1.01. The van der Waals surface area contributed by atoms with Gasteiger partial charge in [0, 0.05) is 12.7 Å². The van der Waals surface area contributed by atoms with Gasteiger partial charge in [-0.3, -0.25) is 4.98 Å². The number of imidazole rings is 1. The molecule has 17 heavy (non-hydrogen) atoms.